The van der Waals surface area contributed by atoms with E-state index in [-0.39, 0.29) is 12.1 Å². The van der Waals surface area contributed by atoms with E-state index in [2.05, 4.69) is 0 Å². The maximum absolute atomic E-state index is 12.0. The van der Waals surface area contributed by atoms with Crippen molar-refractivity contribution in [1.82, 2.24) is 4.90 Å². The highest BCUT2D eigenvalue weighted by Gasteiger charge is 2.44. The van der Waals surface area contributed by atoms with Crippen LogP contribution in [0.3, 0.4) is 0 Å². The third-order valence-corrected chi connectivity index (χ3v) is 3.01. The fourth-order valence-electron chi connectivity index (χ4n) is 2.24. The second-order valence-electron chi connectivity index (χ2n) is 5.66. The summed E-state index contributed by atoms with van der Waals surface area (Å²) >= 11 is 0. The lowest BCUT2D eigenvalue weighted by atomic mass is 10.0. The summed E-state index contributed by atoms with van der Waals surface area (Å²) in [5, 5.41) is 9.05. The van der Waals surface area contributed by atoms with Crippen molar-refractivity contribution in [3.63, 3.8) is 0 Å². The van der Waals surface area contributed by atoms with E-state index in [1.807, 2.05) is 6.92 Å². The molecular formula is C12H21NO4. The first-order valence-corrected chi connectivity index (χ1v) is 5.87. The summed E-state index contributed by atoms with van der Waals surface area (Å²) in [6, 6.07) is -0.418. The molecule has 0 spiro atoms. The van der Waals surface area contributed by atoms with E-state index in [9.17, 15) is 9.59 Å². The second kappa shape index (κ2) is 4.55. The molecule has 1 aliphatic rings. The molecule has 1 saturated heterocycles. The van der Waals surface area contributed by atoms with Gasteiger partial charge < -0.3 is 14.7 Å². The molecule has 1 heterocycles. The number of carboxylic acids is 1. The lowest BCUT2D eigenvalue weighted by Crippen LogP contribution is -2.43. The van der Waals surface area contributed by atoms with Gasteiger partial charge in [-0.3, -0.25) is 4.79 Å². The minimum Gasteiger partial charge on any atom is -0.481 e. The molecule has 0 aromatic carbocycles. The predicted molar refractivity (Wildman–Crippen MR) is 62.7 cm³/mol. The van der Waals surface area contributed by atoms with Crippen LogP contribution in [0.25, 0.3) is 0 Å². The number of rotatable bonds is 1. The third-order valence-electron chi connectivity index (χ3n) is 3.01. The molecule has 0 aromatic heterocycles. The maximum Gasteiger partial charge on any atom is 0.410 e. The van der Waals surface area contributed by atoms with Crippen LogP contribution in [-0.2, 0) is 9.53 Å². The Balaban J connectivity index is 2.78. The monoisotopic (exact) mass is 243 g/mol. The molecule has 1 amide bonds. The third kappa shape index (κ3) is 3.11. The van der Waals surface area contributed by atoms with Crippen LogP contribution in [0.1, 0.15) is 41.0 Å². The molecule has 0 saturated carbocycles. The van der Waals surface area contributed by atoms with E-state index < -0.39 is 23.6 Å². The first-order valence-electron chi connectivity index (χ1n) is 5.87. The van der Waals surface area contributed by atoms with Crippen LogP contribution in [-0.4, -0.2) is 39.8 Å². The highest BCUT2D eigenvalue weighted by molar-refractivity contribution is 5.75. The fourth-order valence-corrected chi connectivity index (χ4v) is 2.24. The van der Waals surface area contributed by atoms with E-state index in [4.69, 9.17) is 9.84 Å². The minimum atomic E-state index is -0.851. The Morgan fingerprint density at radius 3 is 2.18 bits per heavy atom. The SMILES string of the molecule is CC1CC(C(=O)O)C(C)N1C(=O)OC(C)(C)C. The van der Waals surface area contributed by atoms with Crippen molar-refractivity contribution in [2.45, 2.75) is 58.7 Å². The summed E-state index contributed by atoms with van der Waals surface area (Å²) in [4.78, 5) is 24.5. The van der Waals surface area contributed by atoms with Gasteiger partial charge in [-0.2, -0.15) is 0 Å². The molecule has 1 N–H and O–H groups in total. The standard InChI is InChI=1S/C12H21NO4/c1-7-6-9(10(14)15)8(2)13(7)11(16)17-12(3,4)5/h7-9H,6H2,1-5H3,(H,14,15). The van der Waals surface area contributed by atoms with Gasteiger partial charge in [-0.15, -0.1) is 0 Å². The number of amides is 1. The van der Waals surface area contributed by atoms with Crippen molar-refractivity contribution in [2.24, 2.45) is 5.92 Å². The molecular weight excluding hydrogens is 222 g/mol. The molecule has 0 aliphatic carbocycles. The largest absolute Gasteiger partial charge is 0.481 e. The number of nitrogens with zero attached hydrogens (tertiary/aromatic N) is 1. The molecule has 1 fully saturated rings. The summed E-state index contributed by atoms with van der Waals surface area (Å²) in [5.74, 6) is -1.35. The van der Waals surface area contributed by atoms with E-state index in [0.717, 1.165) is 0 Å². The Labute approximate surface area is 102 Å². The summed E-state index contributed by atoms with van der Waals surface area (Å²) < 4.78 is 5.28. The van der Waals surface area contributed by atoms with Crippen molar-refractivity contribution < 1.29 is 19.4 Å². The number of carbonyl (C=O) groups excluding carboxylic acids is 1. The number of likely N-dealkylation sites (tertiary alicyclic amines) is 1. The molecule has 3 atom stereocenters. The van der Waals surface area contributed by atoms with Crippen molar-refractivity contribution in [3.05, 3.63) is 0 Å². The van der Waals surface area contributed by atoms with E-state index in [1.165, 1.54) is 4.90 Å². The molecule has 0 aromatic rings. The van der Waals surface area contributed by atoms with Gasteiger partial charge in [0.05, 0.1) is 5.92 Å². The Hall–Kier alpha value is -1.26. The van der Waals surface area contributed by atoms with Gasteiger partial charge in [0.15, 0.2) is 0 Å². The summed E-state index contributed by atoms with van der Waals surface area (Å²) in [6.07, 6.45) is 0.0525. The molecule has 5 nitrogen and oxygen atoms in total. The van der Waals surface area contributed by atoms with Crippen molar-refractivity contribution >= 4 is 12.1 Å². The smallest absolute Gasteiger partial charge is 0.410 e. The highest BCUT2D eigenvalue weighted by atomic mass is 16.6. The van der Waals surface area contributed by atoms with Crippen LogP contribution in [0.2, 0.25) is 0 Å². The molecule has 98 valence electrons. The predicted octanol–water partition coefficient (Wildman–Crippen LogP) is 2.10. The van der Waals surface area contributed by atoms with Crippen LogP contribution in [0.4, 0.5) is 4.79 Å². The van der Waals surface area contributed by atoms with Gasteiger partial charge in [0, 0.05) is 12.1 Å². The average molecular weight is 243 g/mol. The van der Waals surface area contributed by atoms with Crippen molar-refractivity contribution in [2.75, 3.05) is 0 Å². The first kappa shape index (κ1) is 13.8. The van der Waals surface area contributed by atoms with Gasteiger partial charge in [0.1, 0.15) is 5.60 Å². The molecule has 17 heavy (non-hydrogen) atoms. The number of carbonyl (C=O) groups is 2. The Kier molecular flexibility index (Phi) is 3.69. The Morgan fingerprint density at radius 1 is 1.29 bits per heavy atom. The second-order valence-corrected chi connectivity index (χ2v) is 5.66. The number of ether oxygens (including phenoxy) is 1. The van der Waals surface area contributed by atoms with Crippen molar-refractivity contribution in [3.8, 4) is 0 Å². The van der Waals surface area contributed by atoms with Crippen LogP contribution >= 0.6 is 0 Å². The van der Waals surface area contributed by atoms with Crippen LogP contribution in [0.15, 0.2) is 0 Å². The number of hydrogen-bond acceptors (Lipinski definition) is 3. The van der Waals surface area contributed by atoms with E-state index in [1.54, 1.807) is 27.7 Å². The van der Waals surface area contributed by atoms with Gasteiger partial charge in [-0.1, -0.05) is 0 Å². The van der Waals surface area contributed by atoms with Crippen LogP contribution in [0, 0.1) is 5.92 Å². The molecule has 3 unspecified atom stereocenters. The lowest BCUT2D eigenvalue weighted by molar-refractivity contribution is -0.142. The number of hydrogen-bond donors (Lipinski definition) is 1. The quantitative estimate of drug-likeness (QED) is 0.766. The summed E-state index contributed by atoms with van der Waals surface area (Å²) in [6.45, 7) is 9.00. The molecule has 0 radical (unpaired) electrons. The van der Waals surface area contributed by atoms with Gasteiger partial charge >= 0.3 is 12.1 Å². The minimum absolute atomic E-state index is 0.0963. The topological polar surface area (TPSA) is 66.8 Å². The number of carboxylic acid groups (broad SMARTS) is 1. The van der Waals surface area contributed by atoms with Crippen LogP contribution < -0.4 is 0 Å². The lowest BCUT2D eigenvalue weighted by Gasteiger charge is -2.30. The van der Waals surface area contributed by atoms with Gasteiger partial charge in [0.25, 0.3) is 0 Å². The molecule has 1 aliphatic heterocycles. The molecule has 5 heteroatoms. The average Bonchev–Trinajstić information content (AvgIpc) is 2.38. The van der Waals surface area contributed by atoms with Gasteiger partial charge in [-0.05, 0) is 41.0 Å². The van der Waals surface area contributed by atoms with E-state index >= 15 is 0 Å². The zero-order valence-corrected chi connectivity index (χ0v) is 11.1. The van der Waals surface area contributed by atoms with Crippen LogP contribution in [0.5, 0.6) is 0 Å². The Morgan fingerprint density at radius 2 is 1.82 bits per heavy atom. The first-order chi connectivity index (χ1) is 7.63. The summed E-state index contributed by atoms with van der Waals surface area (Å²) in [7, 11) is 0. The fraction of sp³-hybridized carbons (Fsp3) is 0.833. The zero-order valence-electron chi connectivity index (χ0n) is 11.1. The van der Waals surface area contributed by atoms with Crippen molar-refractivity contribution in [1.29, 1.82) is 0 Å². The molecule has 1 rings (SSSR count). The van der Waals surface area contributed by atoms with Gasteiger partial charge in [-0.25, -0.2) is 4.79 Å². The van der Waals surface area contributed by atoms with E-state index in [0.29, 0.717) is 6.42 Å². The highest BCUT2D eigenvalue weighted by Crippen LogP contribution is 2.31. The molecule has 0 bridgehead atoms. The summed E-state index contributed by atoms with van der Waals surface area (Å²) in [5.41, 5.74) is -0.558. The normalized spacial score (nSPS) is 29.2. The maximum atomic E-state index is 12.0. The Bertz CT molecular complexity index is 321. The zero-order chi connectivity index (χ0) is 13.4. The number of aliphatic carboxylic acids is 1. The van der Waals surface area contributed by atoms with Gasteiger partial charge in [0.2, 0.25) is 0 Å².